The van der Waals surface area contributed by atoms with E-state index in [1.54, 1.807) is 20.8 Å². The van der Waals surface area contributed by atoms with Gasteiger partial charge in [0.1, 0.15) is 5.60 Å². The maximum Gasteiger partial charge on any atom is 0.407 e. The first-order valence-corrected chi connectivity index (χ1v) is 5.91. The lowest BCUT2D eigenvalue weighted by molar-refractivity contribution is -0.526. The van der Waals surface area contributed by atoms with E-state index < -0.39 is 17.7 Å². The van der Waals surface area contributed by atoms with Crippen molar-refractivity contribution in [3.05, 3.63) is 10.1 Å². The molecule has 6 nitrogen and oxygen atoms in total. The van der Waals surface area contributed by atoms with E-state index >= 15 is 0 Å². The second-order valence-corrected chi connectivity index (χ2v) is 5.45. The smallest absolute Gasteiger partial charge is 0.407 e. The molecule has 1 rings (SSSR count). The van der Waals surface area contributed by atoms with Crippen LogP contribution in [0.3, 0.4) is 0 Å². The summed E-state index contributed by atoms with van der Waals surface area (Å²) in [6.07, 6.45) is 2.05. The highest BCUT2D eigenvalue weighted by atomic mass is 16.6. The second kappa shape index (κ2) is 5.33. The number of ether oxygens (including phenoxy) is 1. The molecular formula is C11H20N2O4. The summed E-state index contributed by atoms with van der Waals surface area (Å²) in [6.45, 7) is 5.35. The minimum absolute atomic E-state index is 0.144. The first kappa shape index (κ1) is 13.7. The van der Waals surface area contributed by atoms with Crippen molar-refractivity contribution in [3.8, 4) is 0 Å². The predicted octanol–water partition coefficient (Wildman–Crippen LogP) is 2.10. The highest BCUT2D eigenvalue weighted by molar-refractivity contribution is 5.68. The highest BCUT2D eigenvalue weighted by Crippen LogP contribution is 2.21. The lowest BCUT2D eigenvalue weighted by Crippen LogP contribution is -2.43. The molecule has 0 radical (unpaired) electrons. The molecule has 17 heavy (non-hydrogen) atoms. The quantitative estimate of drug-likeness (QED) is 0.595. The molecule has 6 heteroatoms. The molecule has 1 amide bonds. The molecule has 98 valence electrons. The van der Waals surface area contributed by atoms with Gasteiger partial charge in [-0.3, -0.25) is 10.1 Å². The van der Waals surface area contributed by atoms with Crippen molar-refractivity contribution in [2.45, 2.75) is 64.1 Å². The lowest BCUT2D eigenvalue weighted by Gasteiger charge is -2.27. The summed E-state index contributed by atoms with van der Waals surface area (Å²) in [6, 6.07) is -0.683. The fourth-order valence-electron chi connectivity index (χ4n) is 1.96. The third kappa shape index (κ3) is 5.01. The van der Waals surface area contributed by atoms with Gasteiger partial charge in [-0.2, -0.15) is 0 Å². The average molecular weight is 244 g/mol. The van der Waals surface area contributed by atoms with Crippen LogP contribution in [0.5, 0.6) is 0 Å². The van der Waals surface area contributed by atoms with Crippen LogP contribution in [0, 0.1) is 10.1 Å². The van der Waals surface area contributed by atoms with E-state index in [9.17, 15) is 14.9 Å². The molecule has 1 aliphatic carbocycles. The van der Waals surface area contributed by atoms with Gasteiger partial charge in [0.05, 0.1) is 0 Å². The molecule has 0 heterocycles. The number of amides is 1. The molecule has 0 bridgehead atoms. The maximum atomic E-state index is 11.5. The van der Waals surface area contributed by atoms with Gasteiger partial charge in [-0.05, 0) is 33.6 Å². The normalized spacial score (nSPS) is 25.1. The van der Waals surface area contributed by atoms with Crippen molar-refractivity contribution in [1.82, 2.24) is 5.32 Å². The number of nitro groups is 1. The summed E-state index contributed by atoms with van der Waals surface area (Å²) >= 11 is 0. The molecule has 0 unspecified atom stereocenters. The first-order valence-electron chi connectivity index (χ1n) is 5.91. The Morgan fingerprint density at radius 1 is 1.41 bits per heavy atom. The summed E-state index contributed by atoms with van der Waals surface area (Å²) < 4.78 is 5.12. The minimum Gasteiger partial charge on any atom is -0.444 e. The molecule has 1 N–H and O–H groups in total. The van der Waals surface area contributed by atoms with E-state index in [1.165, 1.54) is 0 Å². The Morgan fingerprint density at radius 3 is 2.59 bits per heavy atom. The fraction of sp³-hybridized carbons (Fsp3) is 0.909. The molecule has 0 aromatic rings. The third-order valence-electron chi connectivity index (χ3n) is 2.67. The molecule has 0 saturated heterocycles. The lowest BCUT2D eigenvalue weighted by atomic mass is 9.91. The largest absolute Gasteiger partial charge is 0.444 e. The van der Waals surface area contributed by atoms with Gasteiger partial charge in [-0.1, -0.05) is 0 Å². The molecule has 0 aromatic heterocycles. The summed E-state index contributed by atoms with van der Waals surface area (Å²) in [4.78, 5) is 21.9. The van der Waals surface area contributed by atoms with Crippen molar-refractivity contribution in [1.29, 1.82) is 0 Å². The van der Waals surface area contributed by atoms with Crippen molar-refractivity contribution < 1.29 is 14.5 Å². The molecule has 0 spiro atoms. The van der Waals surface area contributed by atoms with Gasteiger partial charge >= 0.3 is 6.09 Å². The molecule has 1 aliphatic rings. The van der Waals surface area contributed by atoms with E-state index in [2.05, 4.69) is 5.32 Å². The molecule has 1 saturated carbocycles. The number of carbonyl (C=O) groups is 1. The Morgan fingerprint density at radius 2 is 2.06 bits per heavy atom. The Bertz CT molecular complexity index is 298. The topological polar surface area (TPSA) is 81.5 Å². The fourth-order valence-corrected chi connectivity index (χ4v) is 1.96. The Labute approximate surface area is 101 Å². The summed E-state index contributed by atoms with van der Waals surface area (Å²) in [5.74, 6) is 0. The van der Waals surface area contributed by atoms with Crippen molar-refractivity contribution in [2.75, 3.05) is 0 Å². The summed E-state index contributed by atoms with van der Waals surface area (Å²) in [5, 5.41) is 13.4. The molecular weight excluding hydrogens is 224 g/mol. The second-order valence-electron chi connectivity index (χ2n) is 5.45. The standard InChI is InChI=1S/C11H20N2O4/c1-11(2,3)17-10(14)12-8-5-4-6-9(7-8)13(15)16/h8-9H,4-7H2,1-3H3,(H,12,14)/t8-,9+/m1/s1. The first-order chi connectivity index (χ1) is 7.78. The van der Waals surface area contributed by atoms with Crippen molar-refractivity contribution >= 4 is 6.09 Å². The van der Waals surface area contributed by atoms with Gasteiger partial charge in [0, 0.05) is 23.8 Å². The van der Waals surface area contributed by atoms with E-state index in [0.29, 0.717) is 12.8 Å². The van der Waals surface area contributed by atoms with Crippen molar-refractivity contribution in [3.63, 3.8) is 0 Å². The van der Waals surface area contributed by atoms with Crippen LogP contribution in [0.25, 0.3) is 0 Å². The van der Waals surface area contributed by atoms with Gasteiger partial charge in [-0.25, -0.2) is 4.79 Å². The van der Waals surface area contributed by atoms with E-state index in [-0.39, 0.29) is 11.0 Å². The van der Waals surface area contributed by atoms with Gasteiger partial charge < -0.3 is 10.1 Å². The minimum atomic E-state index is -0.540. The van der Waals surface area contributed by atoms with E-state index in [4.69, 9.17) is 4.74 Å². The summed E-state index contributed by atoms with van der Waals surface area (Å²) in [5.41, 5.74) is -0.540. The predicted molar refractivity (Wildman–Crippen MR) is 62.4 cm³/mol. The molecule has 0 aliphatic heterocycles. The number of carbonyl (C=O) groups excluding carboxylic acids is 1. The van der Waals surface area contributed by atoms with Gasteiger partial charge in [0.2, 0.25) is 6.04 Å². The maximum absolute atomic E-state index is 11.5. The summed E-state index contributed by atoms with van der Waals surface area (Å²) in [7, 11) is 0. The number of nitrogens with zero attached hydrogens (tertiary/aromatic N) is 1. The molecule has 2 atom stereocenters. The van der Waals surface area contributed by atoms with Gasteiger partial charge in [0.25, 0.3) is 0 Å². The SMILES string of the molecule is CC(C)(C)OC(=O)N[C@@H]1CCC[C@H]([N+](=O)[O-])C1. The van der Waals surface area contributed by atoms with Crippen LogP contribution in [-0.2, 0) is 4.74 Å². The van der Waals surface area contributed by atoms with Gasteiger partial charge in [0.15, 0.2) is 0 Å². The number of hydrogen-bond donors (Lipinski definition) is 1. The van der Waals surface area contributed by atoms with Crippen LogP contribution < -0.4 is 5.32 Å². The number of nitrogens with one attached hydrogen (secondary N) is 1. The van der Waals surface area contributed by atoms with E-state index in [0.717, 1.165) is 12.8 Å². The molecule has 1 fully saturated rings. The Balaban J connectivity index is 2.41. The number of alkyl carbamates (subject to hydrolysis) is 1. The van der Waals surface area contributed by atoms with Gasteiger partial charge in [-0.15, -0.1) is 0 Å². The van der Waals surface area contributed by atoms with Crippen LogP contribution in [0.4, 0.5) is 4.79 Å². The van der Waals surface area contributed by atoms with E-state index in [1.807, 2.05) is 0 Å². The highest BCUT2D eigenvalue weighted by Gasteiger charge is 2.31. The van der Waals surface area contributed by atoms with Crippen LogP contribution in [0.15, 0.2) is 0 Å². The van der Waals surface area contributed by atoms with Crippen LogP contribution in [0.2, 0.25) is 0 Å². The molecule has 0 aromatic carbocycles. The Hall–Kier alpha value is -1.33. The zero-order chi connectivity index (χ0) is 13.1. The average Bonchev–Trinajstić information content (AvgIpc) is 2.14. The third-order valence-corrected chi connectivity index (χ3v) is 2.67. The van der Waals surface area contributed by atoms with Crippen LogP contribution in [0.1, 0.15) is 46.5 Å². The van der Waals surface area contributed by atoms with Crippen LogP contribution in [-0.4, -0.2) is 28.7 Å². The monoisotopic (exact) mass is 244 g/mol. The number of hydrogen-bond acceptors (Lipinski definition) is 4. The van der Waals surface area contributed by atoms with Crippen molar-refractivity contribution in [2.24, 2.45) is 0 Å². The zero-order valence-corrected chi connectivity index (χ0v) is 10.6. The Kier molecular flexibility index (Phi) is 4.31. The van der Waals surface area contributed by atoms with Crippen LogP contribution >= 0.6 is 0 Å². The zero-order valence-electron chi connectivity index (χ0n) is 10.6. The number of rotatable bonds is 2.